The number of anilines is 2. The van der Waals surface area contributed by atoms with Gasteiger partial charge >= 0.3 is 0 Å². The summed E-state index contributed by atoms with van der Waals surface area (Å²) in [5.41, 5.74) is 3.19. The maximum atomic E-state index is 13.2. The third kappa shape index (κ3) is 4.67. The van der Waals surface area contributed by atoms with E-state index < -0.39 is 10.0 Å². The fourth-order valence-electron chi connectivity index (χ4n) is 3.78. The van der Waals surface area contributed by atoms with Crippen LogP contribution < -0.4 is 19.1 Å². The molecule has 2 aromatic heterocycles. The Hall–Kier alpha value is -3.63. The van der Waals surface area contributed by atoms with Gasteiger partial charge in [-0.25, -0.2) is 13.4 Å². The van der Waals surface area contributed by atoms with E-state index in [-0.39, 0.29) is 23.1 Å². The number of rotatable bonds is 6. The number of hydrogen-bond acceptors (Lipinski definition) is 8. The molecule has 0 spiro atoms. The van der Waals surface area contributed by atoms with Crippen molar-refractivity contribution in [3.05, 3.63) is 71.0 Å². The molecular formula is C24H22ClN5O4S. The lowest BCUT2D eigenvalue weighted by Gasteiger charge is -2.28. The van der Waals surface area contributed by atoms with Crippen LogP contribution in [0.25, 0.3) is 11.2 Å². The maximum absolute atomic E-state index is 13.2. The number of benzene rings is 2. The highest BCUT2D eigenvalue weighted by molar-refractivity contribution is 7.92. The molecule has 0 unspecified atom stereocenters. The Morgan fingerprint density at radius 3 is 2.86 bits per heavy atom. The van der Waals surface area contributed by atoms with Gasteiger partial charge in [0.25, 0.3) is 10.0 Å². The molecule has 0 saturated carbocycles. The number of hydrogen-bond donors (Lipinski definition) is 1. The molecule has 2 aromatic carbocycles. The van der Waals surface area contributed by atoms with E-state index in [4.69, 9.17) is 21.1 Å². The van der Waals surface area contributed by atoms with E-state index in [1.54, 1.807) is 25.1 Å². The second kappa shape index (κ2) is 9.20. The number of halogens is 1. The third-order valence-corrected chi connectivity index (χ3v) is 7.59. The van der Waals surface area contributed by atoms with Crippen molar-refractivity contribution in [1.29, 1.82) is 0 Å². The number of nitrogens with one attached hydrogen (secondary N) is 1. The highest BCUT2D eigenvalue weighted by Crippen LogP contribution is 2.33. The van der Waals surface area contributed by atoms with Crippen LogP contribution in [0.5, 0.6) is 11.6 Å². The Labute approximate surface area is 207 Å². The van der Waals surface area contributed by atoms with Crippen LogP contribution in [0, 0.1) is 6.92 Å². The topological polar surface area (TPSA) is 107 Å². The molecule has 1 N–H and O–H groups in total. The normalized spacial score (nSPS) is 13.3. The van der Waals surface area contributed by atoms with Crippen LogP contribution in [0.3, 0.4) is 0 Å². The van der Waals surface area contributed by atoms with E-state index in [9.17, 15) is 8.42 Å². The van der Waals surface area contributed by atoms with Crippen molar-refractivity contribution in [3.63, 3.8) is 0 Å². The molecule has 0 bridgehead atoms. The largest absolute Gasteiger partial charge is 0.490 e. The fourth-order valence-corrected chi connectivity index (χ4v) is 5.33. The Balaban J connectivity index is 1.48. The molecule has 3 heterocycles. The Bertz CT molecular complexity index is 1530. The Morgan fingerprint density at radius 1 is 1.17 bits per heavy atom. The summed E-state index contributed by atoms with van der Waals surface area (Å²) in [6, 6.07) is 12.0. The van der Waals surface area contributed by atoms with Crippen LogP contribution in [0.4, 0.5) is 11.4 Å². The van der Waals surface area contributed by atoms with Gasteiger partial charge in [0.2, 0.25) is 5.88 Å². The lowest BCUT2D eigenvalue weighted by atomic mass is 10.1. The monoisotopic (exact) mass is 511 g/mol. The summed E-state index contributed by atoms with van der Waals surface area (Å²) in [4.78, 5) is 15.1. The molecule has 5 rings (SSSR count). The van der Waals surface area contributed by atoms with Gasteiger partial charge in [0, 0.05) is 24.5 Å². The van der Waals surface area contributed by atoms with Crippen LogP contribution >= 0.6 is 11.6 Å². The van der Waals surface area contributed by atoms with Crippen molar-refractivity contribution < 1.29 is 17.9 Å². The SMILES string of the molecule is Cc1c(Cl)cccc1S(=O)(=O)Nc1cc2nccnc2nc1OCc1ccc2c(c1)N(C)CCO2. The maximum Gasteiger partial charge on any atom is 0.262 e. The number of pyridine rings is 1. The zero-order chi connectivity index (χ0) is 24.6. The number of sulfonamides is 1. The summed E-state index contributed by atoms with van der Waals surface area (Å²) in [5, 5.41) is 0.355. The summed E-state index contributed by atoms with van der Waals surface area (Å²) >= 11 is 6.15. The summed E-state index contributed by atoms with van der Waals surface area (Å²) in [6.07, 6.45) is 3.02. The molecule has 0 aliphatic carbocycles. The highest BCUT2D eigenvalue weighted by atomic mass is 35.5. The van der Waals surface area contributed by atoms with E-state index in [0.717, 1.165) is 23.5 Å². The highest BCUT2D eigenvalue weighted by Gasteiger charge is 2.22. The van der Waals surface area contributed by atoms with Crippen molar-refractivity contribution in [3.8, 4) is 11.6 Å². The van der Waals surface area contributed by atoms with Gasteiger partial charge in [0.05, 0.1) is 17.1 Å². The first-order chi connectivity index (χ1) is 16.8. The molecule has 0 saturated heterocycles. The zero-order valence-electron chi connectivity index (χ0n) is 19.0. The predicted octanol–water partition coefficient (Wildman–Crippen LogP) is 4.20. The van der Waals surface area contributed by atoms with Crippen molar-refractivity contribution >= 4 is 44.2 Å². The minimum Gasteiger partial charge on any atom is -0.490 e. The average Bonchev–Trinajstić information content (AvgIpc) is 2.84. The molecule has 0 amide bonds. The number of likely N-dealkylation sites (N-methyl/N-ethyl adjacent to an activating group) is 1. The van der Waals surface area contributed by atoms with Gasteiger partial charge < -0.3 is 14.4 Å². The van der Waals surface area contributed by atoms with Gasteiger partial charge in [-0.3, -0.25) is 9.71 Å². The Morgan fingerprint density at radius 2 is 2.00 bits per heavy atom. The van der Waals surface area contributed by atoms with Crippen LogP contribution in [-0.4, -0.2) is 43.6 Å². The fraction of sp³-hybridized carbons (Fsp3) is 0.208. The molecule has 9 nitrogen and oxygen atoms in total. The molecule has 180 valence electrons. The first-order valence-corrected chi connectivity index (χ1v) is 12.7. The lowest BCUT2D eigenvalue weighted by Crippen LogP contribution is -2.28. The Kier molecular flexibility index (Phi) is 6.08. The number of fused-ring (bicyclic) bond motifs is 2. The van der Waals surface area contributed by atoms with Crippen molar-refractivity contribution in [2.75, 3.05) is 29.8 Å². The molecule has 1 aliphatic rings. The second-order valence-corrected chi connectivity index (χ2v) is 10.1. The molecular weight excluding hydrogens is 490 g/mol. The lowest BCUT2D eigenvalue weighted by molar-refractivity contribution is 0.294. The standard InChI is InChI=1S/C24H22ClN5O4S/c1-15-17(25)4-3-5-22(15)35(31,32)29-19-13-18-23(27-9-8-26-18)28-24(19)34-14-16-6-7-21-20(12-16)30(2)10-11-33-21/h3-9,12-13,29H,10-11,14H2,1-2H3. The summed E-state index contributed by atoms with van der Waals surface area (Å²) in [7, 11) is -1.99. The molecule has 1 aliphatic heterocycles. The molecule has 0 fully saturated rings. The summed E-state index contributed by atoms with van der Waals surface area (Å²) in [5.74, 6) is 0.899. The number of ether oxygens (including phenoxy) is 2. The minimum absolute atomic E-state index is 0.0629. The molecule has 35 heavy (non-hydrogen) atoms. The first kappa shape index (κ1) is 23.1. The number of nitrogens with zero attached hydrogens (tertiary/aromatic N) is 4. The quantitative estimate of drug-likeness (QED) is 0.410. The van der Waals surface area contributed by atoms with Crippen LogP contribution in [-0.2, 0) is 16.6 Å². The van der Waals surface area contributed by atoms with Gasteiger partial charge in [0.15, 0.2) is 5.65 Å². The second-order valence-electron chi connectivity index (χ2n) is 8.07. The number of aromatic nitrogens is 3. The van der Waals surface area contributed by atoms with Crippen LogP contribution in [0.1, 0.15) is 11.1 Å². The summed E-state index contributed by atoms with van der Waals surface area (Å²) in [6.45, 7) is 3.23. The van der Waals surface area contributed by atoms with Gasteiger partial charge in [-0.2, -0.15) is 4.98 Å². The van der Waals surface area contributed by atoms with E-state index in [1.165, 1.54) is 18.5 Å². The van der Waals surface area contributed by atoms with Crippen molar-refractivity contribution in [2.24, 2.45) is 0 Å². The zero-order valence-corrected chi connectivity index (χ0v) is 20.6. The van der Waals surface area contributed by atoms with Gasteiger partial charge in [-0.05, 0) is 48.4 Å². The van der Waals surface area contributed by atoms with E-state index in [2.05, 4.69) is 24.6 Å². The third-order valence-electron chi connectivity index (χ3n) is 5.67. The van der Waals surface area contributed by atoms with Gasteiger partial charge in [-0.15, -0.1) is 0 Å². The molecule has 11 heteroatoms. The van der Waals surface area contributed by atoms with Crippen LogP contribution in [0.15, 0.2) is 59.8 Å². The molecule has 0 atom stereocenters. The summed E-state index contributed by atoms with van der Waals surface area (Å²) < 4.78 is 40.7. The van der Waals surface area contributed by atoms with Crippen LogP contribution in [0.2, 0.25) is 5.02 Å². The smallest absolute Gasteiger partial charge is 0.262 e. The minimum atomic E-state index is -3.99. The van der Waals surface area contributed by atoms with E-state index in [1.807, 2.05) is 25.2 Å². The van der Waals surface area contributed by atoms with E-state index >= 15 is 0 Å². The van der Waals surface area contributed by atoms with Gasteiger partial charge in [0.1, 0.15) is 30.2 Å². The predicted molar refractivity (Wildman–Crippen MR) is 134 cm³/mol. The van der Waals surface area contributed by atoms with Crippen molar-refractivity contribution in [1.82, 2.24) is 15.0 Å². The average molecular weight is 512 g/mol. The first-order valence-electron chi connectivity index (χ1n) is 10.8. The van der Waals surface area contributed by atoms with Crippen molar-refractivity contribution in [2.45, 2.75) is 18.4 Å². The van der Waals surface area contributed by atoms with Gasteiger partial charge in [-0.1, -0.05) is 23.7 Å². The molecule has 0 radical (unpaired) electrons. The molecule has 4 aromatic rings. The van der Waals surface area contributed by atoms with E-state index in [0.29, 0.717) is 28.4 Å².